The molecule has 1 atom stereocenters. The molecule has 0 fully saturated rings. The quantitative estimate of drug-likeness (QED) is 0.730. The molecule has 1 aliphatic heterocycles. The highest BCUT2D eigenvalue weighted by molar-refractivity contribution is 5.93. The van der Waals surface area contributed by atoms with E-state index >= 15 is 0 Å². The first-order valence-corrected chi connectivity index (χ1v) is 8.65. The molecule has 1 amide bonds. The summed E-state index contributed by atoms with van der Waals surface area (Å²) in [5, 5.41) is 0. The molecule has 2 aromatic heterocycles. The van der Waals surface area contributed by atoms with Gasteiger partial charge in [-0.2, -0.15) is 0 Å². The van der Waals surface area contributed by atoms with Crippen LogP contribution in [-0.4, -0.2) is 32.0 Å². The maximum Gasteiger partial charge on any atom is 0.271 e. The van der Waals surface area contributed by atoms with Crippen molar-refractivity contribution in [2.45, 2.75) is 26.1 Å². The first-order chi connectivity index (χ1) is 12.6. The fourth-order valence-electron chi connectivity index (χ4n) is 3.58. The molecule has 1 aliphatic rings. The predicted octanol–water partition coefficient (Wildman–Crippen LogP) is 2.94. The summed E-state index contributed by atoms with van der Waals surface area (Å²) in [4.78, 5) is 19.7. The molecule has 26 heavy (non-hydrogen) atoms. The highest BCUT2D eigenvalue weighted by Gasteiger charge is 2.33. The van der Waals surface area contributed by atoms with E-state index in [0.717, 1.165) is 22.8 Å². The van der Waals surface area contributed by atoms with Gasteiger partial charge in [-0.1, -0.05) is 12.1 Å². The Hall–Kier alpha value is -3.02. The lowest BCUT2D eigenvalue weighted by Crippen LogP contribution is -2.42. The second-order valence-corrected chi connectivity index (χ2v) is 6.65. The number of fused-ring (bicyclic) bond motifs is 1. The third-order valence-corrected chi connectivity index (χ3v) is 5.11. The summed E-state index contributed by atoms with van der Waals surface area (Å²) in [6.07, 6.45) is 3.77. The first kappa shape index (κ1) is 16.4. The van der Waals surface area contributed by atoms with Gasteiger partial charge in [0.05, 0.1) is 19.7 Å². The van der Waals surface area contributed by atoms with Crippen LogP contribution in [0.5, 0.6) is 5.75 Å². The molecule has 0 saturated carbocycles. The number of amides is 1. The van der Waals surface area contributed by atoms with Crippen LogP contribution in [0, 0.1) is 6.92 Å². The monoisotopic (exact) mass is 350 g/mol. The lowest BCUT2D eigenvalue weighted by molar-refractivity contribution is 0.0573. The van der Waals surface area contributed by atoms with Crippen molar-refractivity contribution < 1.29 is 9.53 Å². The normalized spacial score (nSPS) is 16.4. The van der Waals surface area contributed by atoms with Gasteiger partial charge in [-0.05, 0) is 36.8 Å². The SMILES string of the molecule is COc1ccc(C2Cn3c(C)cnc3CN2C(=O)c2cccn2C)cc1. The van der Waals surface area contributed by atoms with Crippen molar-refractivity contribution in [3.8, 4) is 5.75 Å². The number of aromatic nitrogens is 3. The summed E-state index contributed by atoms with van der Waals surface area (Å²) in [6.45, 7) is 3.24. The Labute approximate surface area is 152 Å². The molecular weight excluding hydrogens is 328 g/mol. The van der Waals surface area contributed by atoms with E-state index < -0.39 is 0 Å². The molecule has 134 valence electrons. The van der Waals surface area contributed by atoms with Crippen LogP contribution >= 0.6 is 0 Å². The number of methoxy groups -OCH3 is 1. The molecule has 0 N–H and O–H groups in total. The van der Waals surface area contributed by atoms with Crippen LogP contribution in [0.3, 0.4) is 0 Å². The number of benzene rings is 1. The summed E-state index contributed by atoms with van der Waals surface area (Å²) in [7, 11) is 3.55. The predicted molar refractivity (Wildman–Crippen MR) is 98.0 cm³/mol. The van der Waals surface area contributed by atoms with Crippen LogP contribution in [0.1, 0.15) is 33.6 Å². The molecule has 0 saturated heterocycles. The van der Waals surface area contributed by atoms with Crippen molar-refractivity contribution in [2.75, 3.05) is 7.11 Å². The topological polar surface area (TPSA) is 52.3 Å². The van der Waals surface area contributed by atoms with E-state index in [1.54, 1.807) is 7.11 Å². The van der Waals surface area contributed by atoms with Gasteiger partial charge < -0.3 is 18.8 Å². The highest BCUT2D eigenvalue weighted by Crippen LogP contribution is 2.32. The Kier molecular flexibility index (Phi) is 4.03. The third kappa shape index (κ3) is 2.67. The van der Waals surface area contributed by atoms with E-state index in [9.17, 15) is 4.79 Å². The Balaban J connectivity index is 1.75. The second kappa shape index (κ2) is 6.37. The standard InChI is InChI=1S/C20H22N4O2/c1-14-11-21-19-13-24(20(25)17-5-4-10-22(17)2)18(12-23(14)19)15-6-8-16(26-3)9-7-15/h4-11,18H,12-13H2,1-3H3. The zero-order chi connectivity index (χ0) is 18.3. The van der Waals surface area contributed by atoms with Crippen LogP contribution in [0.15, 0.2) is 48.8 Å². The lowest BCUT2D eigenvalue weighted by atomic mass is 10.0. The number of carbonyl (C=O) groups is 1. The summed E-state index contributed by atoms with van der Waals surface area (Å²) in [6, 6.07) is 11.7. The Bertz CT molecular complexity index is 939. The minimum Gasteiger partial charge on any atom is -0.497 e. The fourth-order valence-corrected chi connectivity index (χ4v) is 3.58. The van der Waals surface area contributed by atoms with Gasteiger partial charge in [0, 0.05) is 31.7 Å². The number of rotatable bonds is 3. The molecule has 1 aromatic carbocycles. The second-order valence-electron chi connectivity index (χ2n) is 6.65. The zero-order valence-electron chi connectivity index (χ0n) is 15.2. The van der Waals surface area contributed by atoms with Crippen molar-refractivity contribution >= 4 is 5.91 Å². The maximum absolute atomic E-state index is 13.2. The Morgan fingerprint density at radius 2 is 2.00 bits per heavy atom. The summed E-state index contributed by atoms with van der Waals surface area (Å²) in [5.74, 6) is 1.75. The number of imidazole rings is 1. The van der Waals surface area contributed by atoms with Crippen LogP contribution < -0.4 is 4.74 Å². The average molecular weight is 350 g/mol. The van der Waals surface area contributed by atoms with Gasteiger partial charge in [-0.3, -0.25) is 4.79 Å². The van der Waals surface area contributed by atoms with Crippen molar-refractivity contribution in [3.63, 3.8) is 0 Å². The highest BCUT2D eigenvalue weighted by atomic mass is 16.5. The summed E-state index contributed by atoms with van der Waals surface area (Å²) >= 11 is 0. The summed E-state index contributed by atoms with van der Waals surface area (Å²) < 4.78 is 9.33. The van der Waals surface area contributed by atoms with E-state index in [1.165, 1.54) is 0 Å². The van der Waals surface area contributed by atoms with Crippen LogP contribution in [0.25, 0.3) is 0 Å². The van der Waals surface area contributed by atoms with Crippen molar-refractivity contribution in [1.29, 1.82) is 0 Å². The Morgan fingerprint density at radius 3 is 2.65 bits per heavy atom. The number of hydrogen-bond donors (Lipinski definition) is 0. The Morgan fingerprint density at radius 1 is 1.23 bits per heavy atom. The first-order valence-electron chi connectivity index (χ1n) is 8.65. The van der Waals surface area contributed by atoms with Gasteiger partial charge >= 0.3 is 0 Å². The van der Waals surface area contributed by atoms with E-state index in [2.05, 4.69) is 16.5 Å². The van der Waals surface area contributed by atoms with Gasteiger partial charge in [-0.15, -0.1) is 0 Å². The molecule has 4 rings (SSSR count). The van der Waals surface area contributed by atoms with Crippen LogP contribution in [-0.2, 0) is 20.1 Å². The number of nitrogens with zero attached hydrogens (tertiary/aromatic N) is 4. The lowest BCUT2D eigenvalue weighted by Gasteiger charge is -2.37. The van der Waals surface area contributed by atoms with Crippen molar-refractivity contribution in [3.05, 3.63) is 71.6 Å². The minimum atomic E-state index is -0.0521. The maximum atomic E-state index is 13.2. The molecule has 1 unspecified atom stereocenters. The van der Waals surface area contributed by atoms with Gasteiger partial charge in [-0.25, -0.2) is 4.98 Å². The van der Waals surface area contributed by atoms with E-state index in [1.807, 2.05) is 65.3 Å². The van der Waals surface area contributed by atoms with Crippen molar-refractivity contribution in [1.82, 2.24) is 19.0 Å². The molecule has 6 heteroatoms. The van der Waals surface area contributed by atoms with E-state index in [4.69, 9.17) is 4.74 Å². The number of carbonyl (C=O) groups excluding carboxylic acids is 1. The molecule has 6 nitrogen and oxygen atoms in total. The van der Waals surface area contributed by atoms with Crippen LogP contribution in [0.4, 0.5) is 0 Å². The zero-order valence-corrected chi connectivity index (χ0v) is 15.2. The minimum absolute atomic E-state index is 0.0187. The summed E-state index contributed by atoms with van der Waals surface area (Å²) in [5.41, 5.74) is 2.89. The fraction of sp³-hybridized carbons (Fsp3) is 0.300. The molecule has 3 aromatic rings. The number of aryl methyl sites for hydroxylation is 2. The van der Waals surface area contributed by atoms with E-state index in [0.29, 0.717) is 18.8 Å². The van der Waals surface area contributed by atoms with Crippen LogP contribution in [0.2, 0.25) is 0 Å². The van der Waals surface area contributed by atoms with Gasteiger partial charge in [0.25, 0.3) is 5.91 Å². The van der Waals surface area contributed by atoms with Gasteiger partial charge in [0.15, 0.2) is 0 Å². The molecule has 3 heterocycles. The molecule has 0 bridgehead atoms. The molecule has 0 spiro atoms. The van der Waals surface area contributed by atoms with Crippen molar-refractivity contribution in [2.24, 2.45) is 7.05 Å². The van der Waals surface area contributed by atoms with Gasteiger partial charge in [0.1, 0.15) is 17.3 Å². The van der Waals surface area contributed by atoms with E-state index in [-0.39, 0.29) is 11.9 Å². The third-order valence-electron chi connectivity index (χ3n) is 5.11. The average Bonchev–Trinajstić information content (AvgIpc) is 3.26. The molecule has 0 aliphatic carbocycles. The molecule has 0 radical (unpaired) electrons. The number of ether oxygens (including phenoxy) is 1. The smallest absolute Gasteiger partial charge is 0.271 e. The molecular formula is C20H22N4O2. The largest absolute Gasteiger partial charge is 0.497 e. The van der Waals surface area contributed by atoms with Gasteiger partial charge in [0.2, 0.25) is 0 Å². The number of hydrogen-bond acceptors (Lipinski definition) is 3.